The summed E-state index contributed by atoms with van der Waals surface area (Å²) in [6.45, 7) is 0. The number of benzene rings is 12. The second-order valence-corrected chi connectivity index (χ2v) is 37.2. The minimum absolute atomic E-state index is 0. The van der Waals surface area contributed by atoms with Crippen LogP contribution in [0.15, 0.2) is 392 Å². The Balaban J connectivity index is 0.000000116. The fourth-order valence-electron chi connectivity index (χ4n) is 17.4. The molecule has 0 atom stereocenters. The van der Waals surface area contributed by atoms with E-state index in [1.807, 2.05) is 110 Å². The van der Waals surface area contributed by atoms with Crippen molar-refractivity contribution in [3.63, 3.8) is 0 Å². The van der Waals surface area contributed by atoms with Crippen LogP contribution in [0.1, 0.15) is 0 Å². The van der Waals surface area contributed by atoms with Crippen molar-refractivity contribution in [3.8, 4) is 148 Å². The summed E-state index contributed by atoms with van der Waals surface area (Å²) in [5.74, 6) is 1.65. The summed E-state index contributed by atoms with van der Waals surface area (Å²) in [7, 11) is 0. The summed E-state index contributed by atoms with van der Waals surface area (Å²) < 4.78 is 25.5. The topological polar surface area (TPSA) is 132 Å². The summed E-state index contributed by atoms with van der Waals surface area (Å²) in [6, 6.07) is 135. The van der Waals surface area contributed by atoms with Gasteiger partial charge in [0.05, 0.1) is 16.6 Å². The first-order valence-corrected chi connectivity index (χ1v) is 47.9. The first-order valence-electron chi connectivity index (χ1n) is 42.7. The van der Waals surface area contributed by atoms with Gasteiger partial charge < -0.3 is 41.9 Å². The maximum absolute atomic E-state index is 6.34. The molecule has 12 nitrogen and oxygen atoms in total. The Bertz CT molecular complexity index is 8600. The van der Waals surface area contributed by atoms with Gasteiger partial charge in [0.25, 0.3) is 0 Å². The summed E-state index contributed by atoms with van der Waals surface area (Å²) in [6.07, 6.45) is 5.57. The van der Waals surface area contributed by atoms with Gasteiger partial charge in [0.1, 0.15) is 34.4 Å². The van der Waals surface area contributed by atoms with Crippen LogP contribution in [-0.4, -0.2) is 43.6 Å². The van der Waals surface area contributed by atoms with Crippen molar-refractivity contribution in [1.29, 1.82) is 0 Å². The average molecular weight is 2380 g/mol. The normalized spacial score (nSPS) is 11.4. The van der Waals surface area contributed by atoms with Gasteiger partial charge in [0, 0.05) is 65.1 Å². The molecule has 0 N–H and O–H groups in total. The molecule has 0 bridgehead atoms. The van der Waals surface area contributed by atoms with Gasteiger partial charge in [-0.2, -0.15) is 11.3 Å². The van der Waals surface area contributed by atoms with Gasteiger partial charge in [-0.15, -0.1) is 195 Å². The molecule has 0 radical (unpaired) electrons. The molecule has 15 heterocycles. The Hall–Kier alpha value is -13.8. The quantitative estimate of drug-likeness (QED) is 0.0921. The SMILES string of the molecule is [Pt+2].[Pt+2].[Pt+2].[c-]1c(-c2ccc(-c3cccs3)cn2)ccc(-c2cccs2)c1-n1c2[c-]c(-c3nc4ccccc4o3)ccc2c2ccccc21.[c-]1c(-c2ccccn2)cccc1-n1c2[c-]c(-c3nc4cc(-c5cccs5)ccc4o3)ccc2c2cc(-c3cccs3)ccc21.[c-]1c(-c2ccccn2)cccc1-n1c2[c-]c(-c3nc4ccc(-c5cccs5)cc4o3)ccc2c2cc(-c3cccs3)ccc21. The Morgan fingerprint density at radius 2 is 0.659 bits per heavy atom. The third kappa shape index (κ3) is 16.4. The number of para-hydroxylation sites is 3. The van der Waals surface area contributed by atoms with Gasteiger partial charge in [0.15, 0.2) is 0 Å². The monoisotopic (exact) mass is 2380 g/mol. The van der Waals surface area contributed by atoms with Crippen LogP contribution >= 0.6 is 68.0 Å². The number of rotatable bonds is 15. The predicted molar refractivity (Wildman–Crippen MR) is 544 cm³/mol. The summed E-state index contributed by atoms with van der Waals surface area (Å²) >= 11 is 10.4. The van der Waals surface area contributed by atoms with Crippen LogP contribution in [0.5, 0.6) is 0 Å². The summed E-state index contributed by atoms with van der Waals surface area (Å²) in [5, 5.41) is 19.4. The first kappa shape index (κ1) is 86.6. The molecule has 0 saturated carbocycles. The molecule has 0 unspecified atom stereocenters. The molecule has 0 aliphatic carbocycles. The molecule has 648 valence electrons. The third-order valence-corrected chi connectivity index (χ3v) is 29.1. The number of hydrogen-bond donors (Lipinski definition) is 0. The fourth-order valence-corrected chi connectivity index (χ4v) is 21.8. The van der Waals surface area contributed by atoms with Crippen molar-refractivity contribution in [2.75, 3.05) is 0 Å². The number of hydrogen-bond acceptors (Lipinski definition) is 15. The largest absolute Gasteiger partial charge is 2.00 e. The molecular formula is C114H63N9O3Pt3S6. The molecule has 135 heavy (non-hydrogen) atoms. The van der Waals surface area contributed by atoms with Crippen LogP contribution in [0.3, 0.4) is 0 Å². The molecule has 0 aliphatic heterocycles. The molecule has 0 spiro atoms. The molecule has 27 rings (SSSR count). The van der Waals surface area contributed by atoms with Crippen molar-refractivity contribution < 1.29 is 76.4 Å². The second-order valence-electron chi connectivity index (χ2n) is 31.5. The minimum Gasteiger partial charge on any atom is -0.481 e. The number of pyridine rings is 3. The number of oxazole rings is 3. The van der Waals surface area contributed by atoms with Crippen molar-refractivity contribution in [2.45, 2.75) is 0 Å². The van der Waals surface area contributed by atoms with Gasteiger partial charge in [-0.05, 0) is 229 Å². The molecule has 21 heteroatoms. The standard InChI is InChI=1S/3C38H21N3OS2.3Pt/c1-3-9-32-27(7-1)28-16-14-25(38-40-31-8-2-4-10-35(31)42-38)22-33(28)41(32)34-21-24(13-17-29(34)37-12-6-20-44-37)30-18-15-26(23-39-30)36-11-5-19-43-36;1-2-17-39-31(8-1)24-6-3-7-28(20-24)41-33-16-13-25(36-9-4-18-43-36)21-30(33)29-14-11-27(22-34(29)41)38-40-32-15-12-26(23-35(32)42-38)37-10-5-19-44-37;1-2-17-39-31(8-1)24-6-3-7-28(20-24)41-33-15-12-25(36-9-4-18-43-36)21-30(33)29-14-11-27(23-34(29)41)38-40-32-22-26(13-16-35(32)42-38)37-10-5-19-44-37;;;/h1-20,23H;1-19,21,23H;1-19,21-22H;;;/q3*-2;3*+2. The van der Waals surface area contributed by atoms with E-state index in [-0.39, 0.29) is 63.2 Å². The smallest absolute Gasteiger partial charge is 0.481 e. The molecule has 27 aromatic rings. The average Bonchev–Trinajstić information content (AvgIpc) is 1.59. The predicted octanol–water partition coefficient (Wildman–Crippen LogP) is 32.1. The fraction of sp³-hybridized carbons (Fsp3) is 0. The maximum Gasteiger partial charge on any atom is 2.00 e. The van der Waals surface area contributed by atoms with Gasteiger partial charge in [-0.3, -0.25) is 15.0 Å². The minimum atomic E-state index is 0. The number of aromatic nitrogens is 9. The maximum atomic E-state index is 6.34. The number of fused-ring (bicyclic) bond motifs is 12. The first-order chi connectivity index (χ1) is 65.4. The van der Waals surface area contributed by atoms with Crippen molar-refractivity contribution in [1.82, 2.24) is 43.6 Å². The van der Waals surface area contributed by atoms with Gasteiger partial charge >= 0.3 is 63.2 Å². The zero-order valence-electron chi connectivity index (χ0n) is 70.5. The molecule has 0 aliphatic rings. The van der Waals surface area contributed by atoms with E-state index in [4.69, 9.17) is 33.2 Å². The van der Waals surface area contributed by atoms with Crippen LogP contribution < -0.4 is 0 Å². The molecular weight excluding hydrogens is 2320 g/mol. The zero-order chi connectivity index (χ0) is 87.1. The molecule has 12 aromatic carbocycles. The van der Waals surface area contributed by atoms with E-state index in [9.17, 15) is 0 Å². The van der Waals surface area contributed by atoms with E-state index in [0.29, 0.717) is 17.7 Å². The third-order valence-electron chi connectivity index (χ3n) is 23.6. The van der Waals surface area contributed by atoms with E-state index < -0.39 is 0 Å². The van der Waals surface area contributed by atoms with Crippen LogP contribution in [0, 0.1) is 36.4 Å². The van der Waals surface area contributed by atoms with E-state index in [0.717, 1.165) is 188 Å². The molecule has 0 saturated heterocycles. The Labute approximate surface area is 841 Å². The van der Waals surface area contributed by atoms with E-state index in [1.54, 1.807) is 68.0 Å². The van der Waals surface area contributed by atoms with Crippen LogP contribution in [0.2, 0.25) is 0 Å². The second kappa shape index (κ2) is 37.2. The summed E-state index contributed by atoms with van der Waals surface area (Å²) in [5.41, 5.74) is 28.3. The van der Waals surface area contributed by atoms with Crippen molar-refractivity contribution in [2.24, 2.45) is 0 Å². The van der Waals surface area contributed by atoms with Crippen molar-refractivity contribution >= 4 is 167 Å². The molecule has 15 aromatic heterocycles. The van der Waals surface area contributed by atoms with E-state index in [1.165, 1.54) is 40.4 Å². The number of nitrogens with zero attached hydrogens (tertiary/aromatic N) is 9. The Morgan fingerprint density at radius 1 is 0.244 bits per heavy atom. The van der Waals surface area contributed by atoms with Crippen molar-refractivity contribution in [3.05, 3.63) is 415 Å². The van der Waals surface area contributed by atoms with Crippen LogP contribution in [0.4, 0.5) is 0 Å². The van der Waals surface area contributed by atoms with E-state index in [2.05, 4.69) is 329 Å². The van der Waals surface area contributed by atoms with Crippen LogP contribution in [-0.2, 0) is 63.2 Å². The zero-order valence-corrected chi connectivity index (χ0v) is 82.2. The van der Waals surface area contributed by atoms with E-state index >= 15 is 0 Å². The van der Waals surface area contributed by atoms with Gasteiger partial charge in [0.2, 0.25) is 0 Å². The van der Waals surface area contributed by atoms with Gasteiger partial charge in [-0.1, -0.05) is 178 Å². The summed E-state index contributed by atoms with van der Waals surface area (Å²) in [4.78, 5) is 35.8. The molecule has 0 amide bonds. The van der Waals surface area contributed by atoms with Crippen LogP contribution in [0.25, 0.3) is 247 Å². The number of thiophene rings is 6. The Kier molecular flexibility index (Phi) is 23.9. The Morgan fingerprint density at radius 3 is 1.18 bits per heavy atom. The molecule has 0 fully saturated rings. The van der Waals surface area contributed by atoms with Gasteiger partial charge in [-0.25, -0.2) is 0 Å².